The summed E-state index contributed by atoms with van der Waals surface area (Å²) >= 11 is 0. The Kier molecular flexibility index (Phi) is 3.34. The van der Waals surface area contributed by atoms with Gasteiger partial charge in [-0.05, 0) is 19.8 Å². The Morgan fingerprint density at radius 2 is 2.23 bits per heavy atom. The summed E-state index contributed by atoms with van der Waals surface area (Å²) in [5.74, 6) is 0. The molecule has 0 aliphatic rings. The van der Waals surface area contributed by atoms with Crippen LogP contribution in [0, 0.1) is 0 Å². The minimum Gasteiger partial charge on any atom is -0.380 e. The van der Waals surface area contributed by atoms with Crippen LogP contribution < -0.4 is 5.32 Å². The second-order valence-electron chi connectivity index (χ2n) is 3.47. The van der Waals surface area contributed by atoms with Crippen LogP contribution in [0.15, 0.2) is 6.20 Å². The van der Waals surface area contributed by atoms with E-state index in [0.717, 1.165) is 18.5 Å². The predicted octanol–water partition coefficient (Wildman–Crippen LogP) is 2.19. The Labute approximate surface area is 80.1 Å². The molecular weight excluding hydrogens is 162 g/mol. The number of hydrogen-bond acceptors (Lipinski definition) is 2. The third kappa shape index (κ3) is 2.47. The molecule has 1 atom stereocenters. The fourth-order valence-corrected chi connectivity index (χ4v) is 1.28. The van der Waals surface area contributed by atoms with Crippen LogP contribution in [0.5, 0.6) is 0 Å². The first-order valence-electron chi connectivity index (χ1n) is 4.96. The van der Waals surface area contributed by atoms with Gasteiger partial charge in [-0.25, -0.2) is 0 Å². The van der Waals surface area contributed by atoms with Crippen LogP contribution in [0.4, 0.5) is 5.69 Å². The average Bonchev–Trinajstić information content (AvgIpc) is 2.46. The highest BCUT2D eigenvalue weighted by molar-refractivity contribution is 5.46. The topological polar surface area (TPSA) is 29.9 Å². The maximum absolute atomic E-state index is 4.37. The lowest BCUT2D eigenvalue weighted by Gasteiger charge is -2.11. The molecular formula is C10H19N3. The predicted molar refractivity (Wildman–Crippen MR) is 56.0 cm³/mol. The quantitative estimate of drug-likeness (QED) is 0.771. The molecule has 1 aromatic heterocycles. The lowest BCUT2D eigenvalue weighted by Crippen LogP contribution is -2.13. The number of hydrogen-bond donors (Lipinski definition) is 1. The third-order valence-electron chi connectivity index (χ3n) is 2.25. The summed E-state index contributed by atoms with van der Waals surface area (Å²) in [6.07, 6.45) is 4.17. The number of nitrogens with zero attached hydrogens (tertiary/aromatic N) is 2. The molecule has 0 amide bonds. The van der Waals surface area contributed by atoms with Crippen LogP contribution >= 0.6 is 0 Å². The van der Waals surface area contributed by atoms with Gasteiger partial charge in [0.1, 0.15) is 0 Å². The van der Waals surface area contributed by atoms with Crippen molar-refractivity contribution in [2.24, 2.45) is 7.05 Å². The number of aromatic nitrogens is 2. The summed E-state index contributed by atoms with van der Waals surface area (Å²) in [5, 5.41) is 7.82. The largest absolute Gasteiger partial charge is 0.380 e. The molecule has 0 radical (unpaired) electrons. The van der Waals surface area contributed by atoms with Crippen LogP contribution in [-0.4, -0.2) is 15.8 Å². The minimum absolute atomic E-state index is 0.523. The van der Waals surface area contributed by atoms with E-state index < -0.39 is 0 Å². The molecule has 0 aliphatic carbocycles. The molecule has 0 saturated carbocycles. The van der Waals surface area contributed by atoms with Gasteiger partial charge in [0.05, 0.1) is 11.4 Å². The van der Waals surface area contributed by atoms with E-state index in [1.165, 1.54) is 5.69 Å². The van der Waals surface area contributed by atoms with E-state index in [4.69, 9.17) is 0 Å². The van der Waals surface area contributed by atoms with Gasteiger partial charge in [0, 0.05) is 19.3 Å². The maximum Gasteiger partial charge on any atom is 0.0853 e. The normalized spacial score (nSPS) is 12.9. The van der Waals surface area contributed by atoms with Gasteiger partial charge >= 0.3 is 0 Å². The first kappa shape index (κ1) is 10.1. The Bertz CT molecular complexity index is 265. The Morgan fingerprint density at radius 3 is 2.77 bits per heavy atom. The molecule has 0 bridgehead atoms. The molecule has 3 heteroatoms. The van der Waals surface area contributed by atoms with E-state index in [0.29, 0.717) is 6.04 Å². The van der Waals surface area contributed by atoms with Crippen molar-refractivity contribution in [3.63, 3.8) is 0 Å². The van der Waals surface area contributed by atoms with Gasteiger partial charge in [-0.2, -0.15) is 5.10 Å². The highest BCUT2D eigenvalue weighted by Crippen LogP contribution is 2.15. The summed E-state index contributed by atoms with van der Waals surface area (Å²) in [6.45, 7) is 6.50. The Hall–Kier alpha value is -0.990. The van der Waals surface area contributed by atoms with Crippen LogP contribution in [0.1, 0.15) is 32.9 Å². The lowest BCUT2D eigenvalue weighted by molar-refractivity contribution is 0.746. The molecule has 3 nitrogen and oxygen atoms in total. The fourth-order valence-electron chi connectivity index (χ4n) is 1.28. The molecule has 1 unspecified atom stereocenters. The molecule has 74 valence electrons. The van der Waals surface area contributed by atoms with Crippen molar-refractivity contribution in [1.82, 2.24) is 9.78 Å². The first-order valence-corrected chi connectivity index (χ1v) is 4.96. The second kappa shape index (κ2) is 4.30. The highest BCUT2D eigenvalue weighted by Gasteiger charge is 2.06. The summed E-state index contributed by atoms with van der Waals surface area (Å²) < 4.78 is 1.86. The number of anilines is 1. The van der Waals surface area contributed by atoms with Crippen molar-refractivity contribution < 1.29 is 0 Å². The van der Waals surface area contributed by atoms with Gasteiger partial charge in [-0.3, -0.25) is 4.68 Å². The lowest BCUT2D eigenvalue weighted by atomic mass is 10.2. The zero-order valence-electron chi connectivity index (χ0n) is 8.96. The van der Waals surface area contributed by atoms with Gasteiger partial charge in [0.15, 0.2) is 0 Å². The van der Waals surface area contributed by atoms with Gasteiger partial charge in [0.2, 0.25) is 0 Å². The highest BCUT2D eigenvalue weighted by atomic mass is 15.3. The van der Waals surface area contributed by atoms with Crippen molar-refractivity contribution >= 4 is 5.69 Å². The molecule has 13 heavy (non-hydrogen) atoms. The number of rotatable bonds is 4. The SMILES string of the molecule is CCc1nn(C)cc1NC(C)CC. The van der Waals surface area contributed by atoms with Gasteiger partial charge in [0.25, 0.3) is 0 Å². The zero-order valence-corrected chi connectivity index (χ0v) is 8.96. The standard InChI is InChI=1S/C10H19N3/c1-5-8(3)11-10-7-13(4)12-9(10)6-2/h7-8,11H,5-6H2,1-4H3. The third-order valence-corrected chi connectivity index (χ3v) is 2.25. The van der Waals surface area contributed by atoms with E-state index in [-0.39, 0.29) is 0 Å². The summed E-state index contributed by atoms with van der Waals surface area (Å²) in [7, 11) is 1.96. The van der Waals surface area contributed by atoms with Gasteiger partial charge in [-0.15, -0.1) is 0 Å². The molecule has 1 rings (SSSR count). The van der Waals surface area contributed by atoms with Crippen molar-refractivity contribution in [3.05, 3.63) is 11.9 Å². The van der Waals surface area contributed by atoms with Gasteiger partial charge in [-0.1, -0.05) is 13.8 Å². The van der Waals surface area contributed by atoms with Crippen LogP contribution in [-0.2, 0) is 13.5 Å². The van der Waals surface area contributed by atoms with Crippen molar-refractivity contribution in [2.45, 2.75) is 39.7 Å². The monoisotopic (exact) mass is 181 g/mol. The molecule has 0 aromatic carbocycles. The zero-order chi connectivity index (χ0) is 9.84. The second-order valence-corrected chi connectivity index (χ2v) is 3.47. The maximum atomic E-state index is 4.37. The summed E-state index contributed by atoms with van der Waals surface area (Å²) in [4.78, 5) is 0. The smallest absolute Gasteiger partial charge is 0.0853 e. The van der Waals surface area contributed by atoms with E-state index in [1.807, 2.05) is 17.9 Å². The average molecular weight is 181 g/mol. The fraction of sp³-hybridized carbons (Fsp3) is 0.700. The van der Waals surface area contributed by atoms with Crippen molar-refractivity contribution in [3.8, 4) is 0 Å². The molecule has 0 aliphatic heterocycles. The van der Waals surface area contributed by atoms with Crippen LogP contribution in [0.2, 0.25) is 0 Å². The summed E-state index contributed by atoms with van der Waals surface area (Å²) in [5.41, 5.74) is 2.34. The van der Waals surface area contributed by atoms with Gasteiger partial charge < -0.3 is 5.32 Å². The first-order chi connectivity index (χ1) is 6.17. The molecule has 1 N–H and O–H groups in total. The van der Waals surface area contributed by atoms with Crippen molar-refractivity contribution in [1.29, 1.82) is 0 Å². The minimum atomic E-state index is 0.523. The summed E-state index contributed by atoms with van der Waals surface area (Å²) in [6, 6.07) is 0.523. The van der Waals surface area contributed by atoms with Crippen LogP contribution in [0.25, 0.3) is 0 Å². The molecule has 1 heterocycles. The van der Waals surface area contributed by atoms with E-state index in [9.17, 15) is 0 Å². The molecule has 0 spiro atoms. The van der Waals surface area contributed by atoms with E-state index in [1.54, 1.807) is 0 Å². The molecule has 1 aromatic rings. The van der Waals surface area contributed by atoms with E-state index >= 15 is 0 Å². The Balaban J connectivity index is 2.74. The van der Waals surface area contributed by atoms with Crippen LogP contribution in [0.3, 0.4) is 0 Å². The Morgan fingerprint density at radius 1 is 1.54 bits per heavy atom. The number of nitrogens with one attached hydrogen (secondary N) is 1. The van der Waals surface area contributed by atoms with E-state index in [2.05, 4.69) is 31.2 Å². The number of aryl methyl sites for hydroxylation is 2. The molecule has 0 saturated heterocycles. The molecule has 0 fully saturated rings. The van der Waals surface area contributed by atoms with Crippen molar-refractivity contribution in [2.75, 3.05) is 5.32 Å².